The van der Waals surface area contributed by atoms with Crippen LogP contribution in [0, 0.1) is 0 Å². The van der Waals surface area contributed by atoms with Gasteiger partial charge in [0.25, 0.3) is 0 Å². The number of aryl methyl sites for hydroxylation is 1. The normalized spacial score (nSPS) is 12.4. The van der Waals surface area contributed by atoms with Gasteiger partial charge in [-0.1, -0.05) is 84.9 Å². The molecule has 0 aliphatic carbocycles. The van der Waals surface area contributed by atoms with Gasteiger partial charge in [-0.2, -0.15) is 9.11 Å². The number of nitrogens with zero attached hydrogens (tertiary/aromatic N) is 1. The average molecular weight is 692 g/mol. The van der Waals surface area contributed by atoms with Crippen LogP contribution in [0.3, 0.4) is 0 Å². The summed E-state index contributed by atoms with van der Waals surface area (Å²) in [6, 6.07) is 29.1. The first kappa shape index (κ1) is 36.6. The average Bonchev–Trinajstić information content (AvgIpc) is 3.11. The van der Waals surface area contributed by atoms with Crippen LogP contribution in [0.5, 0.6) is 5.75 Å². The molecule has 4 rings (SSSR count). The number of hydrogen-bond donors (Lipinski definition) is 3. The number of alkyl halides is 1. The molecular formula is C36H38FN3O8S. The highest BCUT2D eigenvalue weighted by Crippen LogP contribution is 2.31. The summed E-state index contributed by atoms with van der Waals surface area (Å²) < 4.78 is 53.6. The Morgan fingerprint density at radius 3 is 2.08 bits per heavy atom. The number of hydrogen-bond acceptors (Lipinski definition) is 7. The fourth-order valence-electron chi connectivity index (χ4n) is 4.84. The molecule has 0 spiro atoms. The lowest BCUT2D eigenvalue weighted by atomic mass is 10.0. The molecule has 49 heavy (non-hydrogen) atoms. The van der Waals surface area contributed by atoms with Crippen molar-refractivity contribution in [3.63, 3.8) is 0 Å². The van der Waals surface area contributed by atoms with Crippen LogP contribution < -0.4 is 19.7 Å². The van der Waals surface area contributed by atoms with Gasteiger partial charge in [-0.05, 0) is 66.6 Å². The van der Waals surface area contributed by atoms with Crippen LogP contribution in [-0.2, 0) is 43.8 Å². The number of halogens is 1. The van der Waals surface area contributed by atoms with Gasteiger partial charge in [-0.3, -0.25) is 9.69 Å². The van der Waals surface area contributed by atoms with Gasteiger partial charge in [-0.15, -0.1) is 0 Å². The van der Waals surface area contributed by atoms with Crippen LogP contribution in [0.15, 0.2) is 114 Å². The molecule has 0 aliphatic heterocycles. The molecule has 1 unspecified atom stereocenters. The predicted molar refractivity (Wildman–Crippen MR) is 181 cm³/mol. The van der Waals surface area contributed by atoms with Crippen LogP contribution in [0.25, 0.3) is 0 Å². The number of amides is 2. The summed E-state index contributed by atoms with van der Waals surface area (Å²) >= 11 is 0. The second-order valence-electron chi connectivity index (χ2n) is 11.1. The summed E-state index contributed by atoms with van der Waals surface area (Å²) in [5, 5.41) is 11.9. The Labute approximate surface area is 284 Å². The van der Waals surface area contributed by atoms with E-state index in [0.717, 1.165) is 17.7 Å². The van der Waals surface area contributed by atoms with Gasteiger partial charge in [0.05, 0.1) is 10.6 Å². The number of nitrogens with one attached hydrogen (secondary N) is 2. The van der Waals surface area contributed by atoms with Crippen molar-refractivity contribution in [1.29, 1.82) is 0 Å². The van der Waals surface area contributed by atoms with E-state index in [1.165, 1.54) is 42.9 Å². The van der Waals surface area contributed by atoms with Crippen molar-refractivity contribution in [1.82, 2.24) is 10.0 Å². The van der Waals surface area contributed by atoms with Gasteiger partial charge in [0.15, 0.2) is 0 Å². The fourth-order valence-corrected chi connectivity index (χ4v) is 6.06. The molecule has 2 atom stereocenters. The summed E-state index contributed by atoms with van der Waals surface area (Å²) in [5.74, 6) is -2.74. The number of benzene rings is 4. The summed E-state index contributed by atoms with van der Waals surface area (Å²) in [6.45, 7) is 0.228. The Hall–Kier alpha value is -5.27. The monoisotopic (exact) mass is 691 g/mol. The number of carboxylic acids is 1. The Morgan fingerprint density at radius 1 is 0.837 bits per heavy atom. The van der Waals surface area contributed by atoms with Gasteiger partial charge < -0.3 is 19.9 Å². The van der Waals surface area contributed by atoms with Crippen molar-refractivity contribution in [3.05, 3.63) is 126 Å². The molecule has 0 bridgehead atoms. The van der Waals surface area contributed by atoms with Crippen molar-refractivity contribution in [3.8, 4) is 5.75 Å². The summed E-state index contributed by atoms with van der Waals surface area (Å²) in [7, 11) is -2.81. The van der Waals surface area contributed by atoms with Crippen molar-refractivity contribution in [2.24, 2.45) is 0 Å². The van der Waals surface area contributed by atoms with Gasteiger partial charge in [-0.25, -0.2) is 18.0 Å². The van der Waals surface area contributed by atoms with Crippen LogP contribution in [0.1, 0.15) is 29.5 Å². The van der Waals surface area contributed by atoms with E-state index in [2.05, 4.69) is 10.0 Å². The van der Waals surface area contributed by atoms with E-state index in [1.54, 1.807) is 42.5 Å². The van der Waals surface area contributed by atoms with E-state index in [1.807, 2.05) is 36.4 Å². The third kappa shape index (κ3) is 11.2. The second kappa shape index (κ2) is 17.8. The van der Waals surface area contributed by atoms with E-state index in [0.29, 0.717) is 24.1 Å². The Bertz CT molecular complexity index is 1800. The maximum Gasteiger partial charge on any atom is 0.414 e. The number of carboxylic acid groups (broad SMARTS) is 1. The van der Waals surface area contributed by atoms with Crippen LogP contribution in [0.4, 0.5) is 14.9 Å². The third-order valence-corrected chi connectivity index (χ3v) is 8.92. The molecule has 11 nitrogen and oxygen atoms in total. The second-order valence-corrected chi connectivity index (χ2v) is 12.8. The molecule has 0 saturated carbocycles. The van der Waals surface area contributed by atoms with Crippen LogP contribution in [0.2, 0.25) is 0 Å². The highest BCUT2D eigenvalue weighted by Gasteiger charge is 2.28. The lowest BCUT2D eigenvalue weighted by Crippen LogP contribution is -2.48. The van der Waals surface area contributed by atoms with Crippen LogP contribution >= 0.6 is 0 Å². The number of sulfonamides is 1. The lowest BCUT2D eigenvalue weighted by Gasteiger charge is -2.23. The highest BCUT2D eigenvalue weighted by molar-refractivity contribution is 7.89. The summed E-state index contributed by atoms with van der Waals surface area (Å²) in [4.78, 5) is 38.6. The van der Waals surface area contributed by atoms with E-state index in [4.69, 9.17) is 14.6 Å². The van der Waals surface area contributed by atoms with Crippen molar-refractivity contribution in [2.45, 2.75) is 49.6 Å². The number of carbonyl (C=O) groups excluding carboxylic acids is 2. The molecular weight excluding hydrogens is 653 g/mol. The number of carbonyl (C=O) groups is 3. The lowest BCUT2D eigenvalue weighted by molar-refractivity contribution is -0.153. The van der Waals surface area contributed by atoms with Gasteiger partial charge >= 0.3 is 18.4 Å². The van der Waals surface area contributed by atoms with Crippen molar-refractivity contribution in [2.75, 3.05) is 18.5 Å². The van der Waals surface area contributed by atoms with E-state index in [-0.39, 0.29) is 29.4 Å². The maximum atomic E-state index is 14.2. The van der Waals surface area contributed by atoms with Gasteiger partial charge in [0.1, 0.15) is 18.4 Å². The van der Waals surface area contributed by atoms with Crippen molar-refractivity contribution < 1.29 is 41.8 Å². The fraction of sp³-hybridized carbons (Fsp3) is 0.250. The minimum absolute atomic E-state index is 0.0383. The molecule has 0 radical (unpaired) electrons. The predicted octanol–water partition coefficient (Wildman–Crippen LogP) is 5.25. The molecule has 13 heteroatoms. The number of rotatable bonds is 17. The van der Waals surface area contributed by atoms with Crippen molar-refractivity contribution >= 4 is 33.7 Å². The number of unbranched alkanes of at least 4 members (excludes halogenated alkanes) is 1. The zero-order valence-electron chi connectivity index (χ0n) is 26.8. The van der Waals surface area contributed by atoms with E-state index in [9.17, 15) is 27.2 Å². The topological polar surface area (TPSA) is 151 Å². The number of ether oxygens (including phenoxy) is 2. The van der Waals surface area contributed by atoms with Crippen LogP contribution in [-0.4, -0.2) is 57.5 Å². The molecule has 4 aromatic carbocycles. The minimum atomic E-state index is -4.14. The molecule has 0 fully saturated rings. The highest BCUT2D eigenvalue weighted by atomic mass is 32.2. The molecule has 0 heterocycles. The molecule has 0 aliphatic rings. The SMILES string of the molecule is CN(C(=O)OCc1ccccc1)c1cc(C[C@H](NS(=O)(=O)c2ccccc2)C(=O)NCCCCc2ccccc2)ccc1OC(F)C(=O)O. The maximum absolute atomic E-state index is 14.2. The van der Waals surface area contributed by atoms with Gasteiger partial charge in [0, 0.05) is 13.6 Å². The first-order valence-corrected chi connectivity index (χ1v) is 17.0. The zero-order valence-corrected chi connectivity index (χ0v) is 27.6. The third-order valence-electron chi connectivity index (χ3n) is 7.43. The standard InChI is InChI=1S/C36H38FN3O8S/c1-40(36(44)47-25-27-16-7-3-8-17-27)31-24-28(20-21-32(31)48-33(37)35(42)43)23-30(39-49(45,46)29-18-9-4-10-19-29)34(41)38-22-12-11-15-26-13-5-2-6-14-26/h2-10,13-14,16-21,24,30,33,39H,11-12,15,22-23,25H2,1H3,(H,38,41)(H,42,43)/t30-,33?/m0/s1. The summed E-state index contributed by atoms with van der Waals surface area (Å²) in [5.41, 5.74) is 2.17. The Balaban J connectivity index is 1.55. The molecule has 3 N–H and O–H groups in total. The quantitative estimate of drug-likeness (QED) is 0.127. The molecule has 0 saturated heterocycles. The molecule has 0 aromatic heterocycles. The molecule has 4 aromatic rings. The smallest absolute Gasteiger partial charge is 0.414 e. The largest absolute Gasteiger partial charge is 0.476 e. The van der Waals surface area contributed by atoms with E-state index < -0.39 is 40.4 Å². The molecule has 258 valence electrons. The van der Waals surface area contributed by atoms with Gasteiger partial charge in [0.2, 0.25) is 15.9 Å². The number of aliphatic carboxylic acids is 1. The Morgan fingerprint density at radius 2 is 1.45 bits per heavy atom. The first-order valence-electron chi connectivity index (χ1n) is 15.5. The minimum Gasteiger partial charge on any atom is -0.476 e. The number of anilines is 1. The summed E-state index contributed by atoms with van der Waals surface area (Å²) in [6.07, 6.45) is -1.50. The molecule has 2 amide bonds. The first-order chi connectivity index (χ1) is 23.5. The zero-order chi connectivity index (χ0) is 35.2. The Kier molecular flexibility index (Phi) is 13.3. The van der Waals surface area contributed by atoms with E-state index >= 15 is 0 Å².